The fraction of sp³-hybridized carbons (Fsp3) is 0.786. The van der Waals surface area contributed by atoms with Gasteiger partial charge in [0.05, 0.1) is 0 Å². The molecule has 0 rings (SSSR count). The Balaban J connectivity index is 3.69. The van der Waals surface area contributed by atoms with Crippen LogP contribution in [0, 0.1) is 0 Å². The fourth-order valence-corrected chi connectivity index (χ4v) is 4.09. The molecular weight excluding hydrogens is 276 g/mol. The highest BCUT2D eigenvalue weighted by atomic mass is 28.4. The molecule has 20 heavy (non-hydrogen) atoms. The smallest absolute Gasteiger partial charge is 0.478 e. The van der Waals surface area contributed by atoms with Crippen molar-refractivity contribution >= 4 is 14.8 Å². The molecule has 0 saturated heterocycles. The van der Waals surface area contributed by atoms with Crippen LogP contribution in [-0.2, 0) is 18.1 Å². The maximum atomic E-state index is 10.6. The van der Waals surface area contributed by atoms with E-state index in [2.05, 4.69) is 6.58 Å². The lowest BCUT2D eigenvalue weighted by Crippen LogP contribution is -2.43. The lowest BCUT2D eigenvalue weighted by Gasteiger charge is -2.25. The van der Waals surface area contributed by atoms with Crippen LogP contribution in [0.4, 0.5) is 0 Å². The summed E-state index contributed by atoms with van der Waals surface area (Å²) in [5, 5.41) is 8.68. The van der Waals surface area contributed by atoms with Gasteiger partial charge in [-0.1, -0.05) is 25.8 Å². The van der Waals surface area contributed by atoms with Crippen molar-refractivity contribution in [3.63, 3.8) is 0 Å². The first-order chi connectivity index (χ1) is 9.51. The van der Waals surface area contributed by atoms with Gasteiger partial charge in [0.25, 0.3) is 0 Å². The van der Waals surface area contributed by atoms with Gasteiger partial charge in [0.2, 0.25) is 0 Å². The summed E-state index contributed by atoms with van der Waals surface area (Å²) in [7, 11) is 0.847. The molecule has 0 radical (unpaired) electrons. The number of unbranched alkanes of at least 4 members (excludes halogenated alkanes) is 4. The van der Waals surface area contributed by atoms with Gasteiger partial charge in [-0.2, -0.15) is 0 Å². The van der Waals surface area contributed by atoms with E-state index in [0.717, 1.165) is 38.1 Å². The third-order valence-corrected chi connectivity index (χ3v) is 6.19. The number of aliphatic carboxylic acids is 1. The van der Waals surface area contributed by atoms with E-state index < -0.39 is 14.8 Å². The predicted octanol–water partition coefficient (Wildman–Crippen LogP) is 3.24. The zero-order chi connectivity index (χ0) is 15.4. The van der Waals surface area contributed by atoms with Crippen molar-refractivity contribution in [1.82, 2.24) is 0 Å². The van der Waals surface area contributed by atoms with Gasteiger partial charge >= 0.3 is 14.8 Å². The van der Waals surface area contributed by atoms with Gasteiger partial charge in [-0.05, 0) is 26.2 Å². The predicted molar refractivity (Wildman–Crippen MR) is 80.7 cm³/mol. The first kappa shape index (κ1) is 19.3. The second kappa shape index (κ2) is 11.0. The maximum absolute atomic E-state index is 10.6. The molecule has 0 aromatic carbocycles. The van der Waals surface area contributed by atoms with Crippen molar-refractivity contribution < 1.29 is 23.2 Å². The molecule has 0 amide bonds. The van der Waals surface area contributed by atoms with Crippen molar-refractivity contribution in [2.24, 2.45) is 0 Å². The second-order valence-corrected chi connectivity index (χ2v) is 7.67. The van der Waals surface area contributed by atoms with Crippen molar-refractivity contribution in [3.8, 4) is 0 Å². The van der Waals surface area contributed by atoms with Gasteiger partial charge in [0.1, 0.15) is 0 Å². The van der Waals surface area contributed by atoms with Crippen LogP contribution in [0.15, 0.2) is 12.2 Å². The minimum Gasteiger partial charge on any atom is -0.478 e. The van der Waals surface area contributed by atoms with Crippen LogP contribution >= 0.6 is 0 Å². The summed E-state index contributed by atoms with van der Waals surface area (Å²) in [5.41, 5.74) is 0.298. The largest absolute Gasteiger partial charge is 0.500 e. The van der Waals surface area contributed by atoms with Crippen LogP contribution in [0.2, 0.25) is 6.04 Å². The number of hydrogen-bond acceptors (Lipinski definition) is 4. The van der Waals surface area contributed by atoms with Gasteiger partial charge in [-0.15, -0.1) is 0 Å². The molecule has 0 unspecified atom stereocenters. The highest BCUT2D eigenvalue weighted by molar-refractivity contribution is 6.60. The number of rotatable bonds is 13. The zero-order valence-electron chi connectivity index (χ0n) is 12.9. The van der Waals surface area contributed by atoms with Gasteiger partial charge in [-0.3, -0.25) is 0 Å². The number of carboxylic acid groups (broad SMARTS) is 1. The second-order valence-electron chi connectivity index (χ2n) is 4.70. The molecule has 0 spiro atoms. The molecule has 0 heterocycles. The summed E-state index contributed by atoms with van der Waals surface area (Å²) in [6, 6.07) is 0.829. The standard InChI is InChI=1S/C14H28O5Si/c1-5-19-20(17-3,18-4)12-10-8-6-7-9-11-13(2)14(15)16/h2,5-12H2,1,3-4H3,(H,15,16). The average Bonchev–Trinajstić information content (AvgIpc) is 2.44. The highest BCUT2D eigenvalue weighted by Gasteiger charge is 2.37. The molecule has 0 aliphatic heterocycles. The summed E-state index contributed by atoms with van der Waals surface area (Å²) >= 11 is 0. The Morgan fingerprint density at radius 1 is 1.10 bits per heavy atom. The Hall–Kier alpha value is -0.693. The summed E-state index contributed by atoms with van der Waals surface area (Å²) in [5.74, 6) is -0.891. The normalized spacial score (nSPS) is 11.6. The van der Waals surface area contributed by atoms with Crippen LogP contribution in [0.3, 0.4) is 0 Å². The minimum absolute atomic E-state index is 0.298. The van der Waals surface area contributed by atoms with E-state index in [4.69, 9.17) is 18.4 Å². The first-order valence-electron chi connectivity index (χ1n) is 7.16. The summed E-state index contributed by atoms with van der Waals surface area (Å²) in [6.45, 7) is 6.06. The minimum atomic E-state index is -2.44. The third kappa shape index (κ3) is 7.79. The lowest BCUT2D eigenvalue weighted by atomic mass is 10.1. The lowest BCUT2D eigenvalue weighted by molar-refractivity contribution is -0.132. The number of hydrogen-bond donors (Lipinski definition) is 1. The monoisotopic (exact) mass is 304 g/mol. The quantitative estimate of drug-likeness (QED) is 0.321. The molecule has 0 atom stereocenters. The van der Waals surface area contributed by atoms with Crippen molar-refractivity contribution in [2.75, 3.05) is 20.8 Å². The molecule has 0 bridgehead atoms. The first-order valence-corrected chi connectivity index (χ1v) is 9.09. The highest BCUT2D eigenvalue weighted by Crippen LogP contribution is 2.19. The van der Waals surface area contributed by atoms with Crippen LogP contribution < -0.4 is 0 Å². The van der Waals surface area contributed by atoms with Crippen LogP contribution in [0.1, 0.15) is 45.4 Å². The Bertz CT molecular complexity index is 289. The summed E-state index contributed by atoms with van der Waals surface area (Å²) in [4.78, 5) is 10.6. The zero-order valence-corrected chi connectivity index (χ0v) is 13.9. The molecule has 5 nitrogen and oxygen atoms in total. The van der Waals surface area contributed by atoms with Crippen molar-refractivity contribution in [1.29, 1.82) is 0 Å². The fourth-order valence-electron chi connectivity index (χ4n) is 2.01. The number of carboxylic acids is 1. The Morgan fingerprint density at radius 2 is 1.65 bits per heavy atom. The van der Waals surface area contributed by atoms with E-state index in [1.165, 1.54) is 0 Å². The van der Waals surface area contributed by atoms with Crippen molar-refractivity contribution in [3.05, 3.63) is 12.2 Å². The molecule has 0 fully saturated rings. The molecule has 1 N–H and O–H groups in total. The molecule has 6 heteroatoms. The topological polar surface area (TPSA) is 65.0 Å². The van der Waals surface area contributed by atoms with Crippen molar-refractivity contribution in [2.45, 2.75) is 51.5 Å². The maximum Gasteiger partial charge on any atom is 0.500 e. The van der Waals surface area contributed by atoms with Gasteiger partial charge in [0.15, 0.2) is 0 Å². The summed E-state index contributed by atoms with van der Waals surface area (Å²) in [6.07, 6.45) is 5.64. The third-order valence-electron chi connectivity index (χ3n) is 3.25. The van der Waals surface area contributed by atoms with Gasteiger partial charge < -0.3 is 18.4 Å². The van der Waals surface area contributed by atoms with E-state index in [1.807, 2.05) is 6.92 Å². The molecule has 0 saturated carbocycles. The van der Waals surface area contributed by atoms with E-state index in [-0.39, 0.29) is 0 Å². The SMILES string of the molecule is C=C(CCCCCCC[Si](OC)(OC)OCC)C(=O)O. The molecule has 118 valence electrons. The Kier molecular flexibility index (Phi) is 10.6. The van der Waals surface area contributed by atoms with Gasteiger partial charge in [0, 0.05) is 32.4 Å². The van der Waals surface area contributed by atoms with E-state index >= 15 is 0 Å². The summed E-state index contributed by atoms with van der Waals surface area (Å²) < 4.78 is 16.5. The van der Waals surface area contributed by atoms with E-state index in [0.29, 0.717) is 18.6 Å². The van der Waals surface area contributed by atoms with E-state index in [9.17, 15) is 4.79 Å². The van der Waals surface area contributed by atoms with E-state index in [1.54, 1.807) is 14.2 Å². The van der Waals surface area contributed by atoms with Gasteiger partial charge in [-0.25, -0.2) is 4.79 Å². The van der Waals surface area contributed by atoms with Crippen LogP contribution in [-0.4, -0.2) is 40.7 Å². The molecule has 0 aromatic heterocycles. The molecule has 0 aromatic rings. The molecule has 0 aliphatic carbocycles. The Morgan fingerprint density at radius 3 is 2.15 bits per heavy atom. The number of carbonyl (C=O) groups is 1. The molecular formula is C14H28O5Si. The molecule has 0 aliphatic rings. The average molecular weight is 304 g/mol. The van der Waals surface area contributed by atoms with Crippen LogP contribution in [0.5, 0.6) is 0 Å². The van der Waals surface area contributed by atoms with Crippen LogP contribution in [0.25, 0.3) is 0 Å². The Labute approximate surface area is 123 Å².